The van der Waals surface area contributed by atoms with Gasteiger partial charge in [-0.15, -0.1) is 0 Å². The summed E-state index contributed by atoms with van der Waals surface area (Å²) in [6, 6.07) is 14.5. The first-order valence-electron chi connectivity index (χ1n) is 10.7. The predicted molar refractivity (Wildman–Crippen MR) is 119 cm³/mol. The molecule has 6 nitrogen and oxygen atoms in total. The third-order valence-corrected chi connectivity index (χ3v) is 7.17. The highest BCUT2D eigenvalue weighted by molar-refractivity contribution is 6.37. The van der Waals surface area contributed by atoms with E-state index in [9.17, 15) is 28.0 Å². The van der Waals surface area contributed by atoms with E-state index in [1.54, 1.807) is 12.1 Å². The van der Waals surface area contributed by atoms with Crippen LogP contribution in [0.1, 0.15) is 32.4 Å². The van der Waals surface area contributed by atoms with Crippen molar-refractivity contribution in [2.24, 2.45) is 11.8 Å². The number of hydrogen-bond acceptors (Lipinski definition) is 5. The number of ketones is 2. The molecule has 2 fully saturated rings. The van der Waals surface area contributed by atoms with Gasteiger partial charge >= 0.3 is 0 Å². The van der Waals surface area contributed by atoms with Gasteiger partial charge in [-0.3, -0.25) is 19.2 Å². The van der Waals surface area contributed by atoms with Gasteiger partial charge in [-0.1, -0.05) is 48.0 Å². The first-order chi connectivity index (χ1) is 16.8. The Kier molecular flexibility index (Phi) is 4.58. The minimum Gasteiger partial charge on any atom is -0.349 e. The lowest BCUT2D eigenvalue weighted by Crippen LogP contribution is -2.51. The van der Waals surface area contributed by atoms with Crippen LogP contribution in [0, 0.1) is 23.5 Å². The van der Waals surface area contributed by atoms with Gasteiger partial charge in [0.15, 0.2) is 0 Å². The van der Waals surface area contributed by atoms with E-state index in [1.807, 2.05) is 0 Å². The van der Waals surface area contributed by atoms with Crippen LogP contribution in [-0.2, 0) is 14.3 Å². The predicted octanol–water partition coefficient (Wildman–Crippen LogP) is 4.31. The van der Waals surface area contributed by atoms with Gasteiger partial charge < -0.3 is 4.74 Å². The monoisotopic (exact) mass is 493 g/mol. The van der Waals surface area contributed by atoms with Crippen LogP contribution >= 0.6 is 11.6 Å². The maximum Gasteiger partial charge on any atom is 0.241 e. The summed E-state index contributed by atoms with van der Waals surface area (Å²) in [6.45, 7) is 0. The van der Waals surface area contributed by atoms with Gasteiger partial charge in [0.05, 0.1) is 28.6 Å². The molecule has 0 radical (unpaired) electrons. The number of imide groups is 1. The number of fused-ring (bicyclic) bond motifs is 3. The molecular weight excluding hydrogens is 480 g/mol. The lowest BCUT2D eigenvalue weighted by molar-refractivity contribution is -0.127. The van der Waals surface area contributed by atoms with E-state index in [4.69, 9.17) is 16.3 Å². The Morgan fingerprint density at radius 1 is 0.829 bits per heavy atom. The van der Waals surface area contributed by atoms with Crippen LogP contribution in [0.25, 0.3) is 0 Å². The van der Waals surface area contributed by atoms with Crippen molar-refractivity contribution in [3.8, 4) is 0 Å². The molecular formula is C26H14ClF2NO5. The number of carbonyl (C=O) groups is 4. The van der Waals surface area contributed by atoms with Crippen molar-refractivity contribution in [2.45, 2.75) is 11.7 Å². The average Bonchev–Trinajstić information content (AvgIpc) is 3.41. The molecule has 3 unspecified atom stereocenters. The molecule has 2 heterocycles. The van der Waals surface area contributed by atoms with Crippen LogP contribution in [0.3, 0.4) is 0 Å². The number of amides is 2. The number of rotatable bonds is 2. The van der Waals surface area contributed by atoms with Crippen LogP contribution in [0.15, 0.2) is 66.7 Å². The summed E-state index contributed by atoms with van der Waals surface area (Å²) in [6.07, 6.45) is -1.18. The smallest absolute Gasteiger partial charge is 0.241 e. The van der Waals surface area contributed by atoms with Crippen molar-refractivity contribution in [1.29, 1.82) is 0 Å². The maximum absolute atomic E-state index is 13.8. The van der Waals surface area contributed by atoms with Crippen LogP contribution in [0.5, 0.6) is 0 Å². The number of hydrogen-bond donors (Lipinski definition) is 0. The molecule has 0 bridgehead atoms. The summed E-state index contributed by atoms with van der Waals surface area (Å²) < 4.78 is 33.5. The number of halogens is 3. The van der Waals surface area contributed by atoms with Gasteiger partial charge in [0.1, 0.15) is 11.6 Å². The summed E-state index contributed by atoms with van der Waals surface area (Å²) in [4.78, 5) is 55.5. The third-order valence-electron chi connectivity index (χ3n) is 6.88. The van der Waals surface area contributed by atoms with Crippen LogP contribution < -0.4 is 4.90 Å². The van der Waals surface area contributed by atoms with Crippen molar-refractivity contribution in [1.82, 2.24) is 0 Å². The second-order valence-corrected chi connectivity index (χ2v) is 9.05. The van der Waals surface area contributed by atoms with Crippen LogP contribution in [0.4, 0.5) is 14.5 Å². The summed E-state index contributed by atoms with van der Waals surface area (Å²) in [5.74, 6) is -6.98. The number of Topliss-reactive ketones (excluding diaryl/α,β-unsaturated/α-hetero) is 2. The molecule has 6 rings (SSSR count). The van der Waals surface area contributed by atoms with Crippen LogP contribution in [-0.4, -0.2) is 29.0 Å². The van der Waals surface area contributed by atoms with Crippen molar-refractivity contribution in [2.75, 3.05) is 4.90 Å². The summed E-state index contributed by atoms with van der Waals surface area (Å²) in [5, 5.41) is -0.304. The third kappa shape index (κ3) is 2.78. The highest BCUT2D eigenvalue weighted by Gasteiger charge is 2.74. The quantitative estimate of drug-likeness (QED) is 0.392. The zero-order valence-corrected chi connectivity index (χ0v) is 18.5. The Bertz CT molecular complexity index is 1440. The first-order valence-corrected chi connectivity index (χ1v) is 11.1. The Hall–Kier alpha value is -3.75. The number of ether oxygens (including phenoxy) is 1. The van der Waals surface area contributed by atoms with Crippen molar-refractivity contribution in [3.63, 3.8) is 0 Å². The number of anilines is 1. The Morgan fingerprint density at radius 2 is 1.46 bits per heavy atom. The van der Waals surface area contributed by atoms with Crippen LogP contribution in [0.2, 0.25) is 5.02 Å². The van der Waals surface area contributed by atoms with Crippen molar-refractivity contribution < 1.29 is 32.7 Å². The van der Waals surface area contributed by atoms with Crippen molar-refractivity contribution >= 4 is 40.7 Å². The molecule has 2 saturated heterocycles. The van der Waals surface area contributed by atoms with Gasteiger partial charge in [0.2, 0.25) is 29.0 Å². The van der Waals surface area contributed by atoms with Gasteiger partial charge in [0.25, 0.3) is 0 Å². The molecule has 35 heavy (non-hydrogen) atoms. The molecule has 0 aromatic heterocycles. The number of benzene rings is 3. The lowest BCUT2D eigenvalue weighted by atomic mass is 9.77. The average molecular weight is 494 g/mol. The molecule has 3 atom stereocenters. The fraction of sp³-hybridized carbons (Fsp3) is 0.154. The highest BCUT2D eigenvalue weighted by Crippen LogP contribution is 2.57. The number of carbonyl (C=O) groups excluding carboxylic acids is 4. The minimum atomic E-state index is -2.25. The van der Waals surface area contributed by atoms with E-state index in [0.717, 1.165) is 29.2 Å². The van der Waals surface area contributed by atoms with E-state index in [1.165, 1.54) is 30.3 Å². The topological polar surface area (TPSA) is 80.8 Å². The zero-order valence-electron chi connectivity index (χ0n) is 17.7. The van der Waals surface area contributed by atoms with Gasteiger partial charge in [0, 0.05) is 11.1 Å². The fourth-order valence-electron chi connectivity index (χ4n) is 5.35. The standard InChI is InChI=1S/C26H14ClF2NO5/c27-17-11-14(9-10-18(17)29)30-24(33)19-20(25(30)34)26(35-21(19)12-5-7-13(28)8-6-12)22(31)15-3-1-2-4-16(15)23(26)32/h1-11,19-21H. The molecule has 1 aliphatic carbocycles. The molecule has 2 amide bonds. The molecule has 3 aromatic rings. The highest BCUT2D eigenvalue weighted by atomic mass is 35.5. The van der Waals surface area contributed by atoms with E-state index in [2.05, 4.69) is 0 Å². The summed E-state index contributed by atoms with van der Waals surface area (Å²) >= 11 is 5.88. The first kappa shape index (κ1) is 21.8. The largest absolute Gasteiger partial charge is 0.349 e. The Morgan fingerprint density at radius 3 is 2.06 bits per heavy atom. The maximum atomic E-state index is 13.8. The Labute approximate surface area is 202 Å². The lowest BCUT2D eigenvalue weighted by Gasteiger charge is -2.27. The van der Waals surface area contributed by atoms with E-state index < -0.39 is 58.6 Å². The SMILES string of the molecule is O=C1C2C(c3ccc(F)cc3)OC3(C(=O)c4ccccc4C3=O)C2C(=O)N1c1ccc(F)c(Cl)c1. The normalized spacial score (nSPS) is 24.4. The molecule has 9 heteroatoms. The summed E-state index contributed by atoms with van der Waals surface area (Å²) in [7, 11) is 0. The van der Waals surface area contributed by atoms with Crippen molar-refractivity contribution in [3.05, 3.63) is 100 Å². The molecule has 174 valence electrons. The minimum absolute atomic E-state index is 0.00390. The van der Waals surface area contributed by atoms with Gasteiger partial charge in [-0.2, -0.15) is 0 Å². The molecule has 0 saturated carbocycles. The molecule has 1 spiro atoms. The molecule has 3 aromatic carbocycles. The molecule has 0 N–H and O–H groups in total. The van der Waals surface area contributed by atoms with Gasteiger partial charge in [-0.25, -0.2) is 13.7 Å². The molecule has 3 aliphatic rings. The van der Waals surface area contributed by atoms with E-state index >= 15 is 0 Å². The van der Waals surface area contributed by atoms with E-state index in [0.29, 0.717) is 5.56 Å². The zero-order chi connectivity index (χ0) is 24.6. The van der Waals surface area contributed by atoms with E-state index in [-0.39, 0.29) is 21.8 Å². The number of nitrogens with zero attached hydrogens (tertiary/aromatic N) is 1. The Balaban J connectivity index is 1.54. The second-order valence-electron chi connectivity index (χ2n) is 8.64. The molecule has 2 aliphatic heterocycles. The summed E-state index contributed by atoms with van der Waals surface area (Å²) in [5.41, 5.74) is -1.73. The fourth-order valence-corrected chi connectivity index (χ4v) is 5.52. The second kappa shape index (κ2) is 7.37. The van der Waals surface area contributed by atoms with Gasteiger partial charge in [-0.05, 0) is 35.9 Å².